The predicted molar refractivity (Wildman–Crippen MR) is 114 cm³/mol. The second-order valence-electron chi connectivity index (χ2n) is 7.19. The average Bonchev–Trinajstić information content (AvgIpc) is 2.69. The molecule has 0 unspecified atom stereocenters. The Balaban J connectivity index is 1.53. The Hall–Kier alpha value is -2.04. The molecular weight excluding hydrogens is 358 g/mol. The van der Waals surface area contributed by atoms with Crippen LogP contribution in [0.4, 0.5) is 11.4 Å². The van der Waals surface area contributed by atoms with E-state index in [0.717, 1.165) is 19.6 Å². The standard InChI is InChI=1S/C22H28ClN3O/c1-25(16-13-22(27)24-20-11-5-4-10-19(20)23)17-18-9-3-6-12-21(18)26-14-7-2-8-15-26/h3-6,9-12H,2,7-8,13-17H2,1H3,(H,24,27). The minimum absolute atomic E-state index is 0.0146. The van der Waals surface area contributed by atoms with Gasteiger partial charge in [0.05, 0.1) is 10.7 Å². The molecule has 5 heteroatoms. The van der Waals surface area contributed by atoms with E-state index in [2.05, 4.69) is 46.4 Å². The summed E-state index contributed by atoms with van der Waals surface area (Å²) in [6, 6.07) is 15.9. The number of carbonyl (C=O) groups is 1. The SMILES string of the molecule is CN(CCC(=O)Nc1ccccc1Cl)Cc1ccccc1N1CCCCC1. The fourth-order valence-electron chi connectivity index (χ4n) is 3.53. The van der Waals surface area contributed by atoms with Crippen molar-refractivity contribution in [1.29, 1.82) is 0 Å². The largest absolute Gasteiger partial charge is 0.371 e. The topological polar surface area (TPSA) is 35.6 Å². The number of amides is 1. The number of anilines is 2. The molecule has 1 aliphatic rings. The predicted octanol–water partition coefficient (Wildman–Crippen LogP) is 4.79. The van der Waals surface area contributed by atoms with Gasteiger partial charge in [0.25, 0.3) is 0 Å². The molecule has 1 amide bonds. The number of nitrogens with one attached hydrogen (secondary N) is 1. The van der Waals surface area contributed by atoms with Crippen LogP contribution in [0.25, 0.3) is 0 Å². The van der Waals surface area contributed by atoms with Crippen molar-refractivity contribution in [3.8, 4) is 0 Å². The van der Waals surface area contributed by atoms with Crippen LogP contribution in [0, 0.1) is 0 Å². The van der Waals surface area contributed by atoms with E-state index >= 15 is 0 Å². The Labute approximate surface area is 167 Å². The van der Waals surface area contributed by atoms with Crippen LogP contribution in [0.2, 0.25) is 5.02 Å². The molecule has 144 valence electrons. The number of nitrogens with zero attached hydrogens (tertiary/aromatic N) is 2. The normalized spacial score (nSPS) is 14.4. The van der Waals surface area contributed by atoms with Gasteiger partial charge < -0.3 is 15.1 Å². The first-order chi connectivity index (χ1) is 13.1. The van der Waals surface area contributed by atoms with Crippen molar-refractivity contribution >= 4 is 28.9 Å². The summed E-state index contributed by atoms with van der Waals surface area (Å²) in [5.41, 5.74) is 3.33. The zero-order chi connectivity index (χ0) is 19.1. The van der Waals surface area contributed by atoms with E-state index in [4.69, 9.17) is 11.6 Å². The minimum Gasteiger partial charge on any atom is -0.371 e. The van der Waals surface area contributed by atoms with Gasteiger partial charge in [-0.1, -0.05) is 41.9 Å². The number of carbonyl (C=O) groups excluding carboxylic acids is 1. The van der Waals surface area contributed by atoms with Gasteiger partial charge in [-0.05, 0) is 50.1 Å². The summed E-state index contributed by atoms with van der Waals surface area (Å²) in [6.45, 7) is 3.82. The lowest BCUT2D eigenvalue weighted by molar-refractivity contribution is -0.116. The molecule has 27 heavy (non-hydrogen) atoms. The van der Waals surface area contributed by atoms with Crippen molar-refractivity contribution in [2.45, 2.75) is 32.2 Å². The number of piperidine rings is 1. The van der Waals surface area contributed by atoms with Crippen LogP contribution >= 0.6 is 11.6 Å². The highest BCUT2D eigenvalue weighted by Gasteiger charge is 2.15. The molecule has 1 aliphatic heterocycles. The second-order valence-corrected chi connectivity index (χ2v) is 7.60. The van der Waals surface area contributed by atoms with Crippen molar-refractivity contribution in [2.75, 3.05) is 36.9 Å². The maximum absolute atomic E-state index is 12.2. The molecule has 0 radical (unpaired) electrons. The van der Waals surface area contributed by atoms with Crippen LogP contribution in [-0.2, 0) is 11.3 Å². The van der Waals surface area contributed by atoms with Gasteiger partial charge in [0.15, 0.2) is 0 Å². The van der Waals surface area contributed by atoms with E-state index < -0.39 is 0 Å². The molecule has 4 nitrogen and oxygen atoms in total. The maximum Gasteiger partial charge on any atom is 0.225 e. The van der Waals surface area contributed by atoms with E-state index in [1.807, 2.05) is 18.2 Å². The summed E-state index contributed by atoms with van der Waals surface area (Å²) in [5.74, 6) is -0.0146. The molecular formula is C22H28ClN3O. The molecule has 0 atom stereocenters. The van der Waals surface area contributed by atoms with E-state index in [-0.39, 0.29) is 5.91 Å². The lowest BCUT2D eigenvalue weighted by Crippen LogP contribution is -2.31. The first-order valence-electron chi connectivity index (χ1n) is 9.69. The molecule has 1 heterocycles. The van der Waals surface area contributed by atoms with Crippen molar-refractivity contribution in [1.82, 2.24) is 4.90 Å². The molecule has 2 aromatic rings. The maximum atomic E-state index is 12.2. The number of hydrogen-bond acceptors (Lipinski definition) is 3. The van der Waals surface area contributed by atoms with Crippen molar-refractivity contribution < 1.29 is 4.79 Å². The number of benzene rings is 2. The first kappa shape index (κ1) is 19.7. The highest BCUT2D eigenvalue weighted by molar-refractivity contribution is 6.33. The zero-order valence-corrected chi connectivity index (χ0v) is 16.7. The van der Waals surface area contributed by atoms with Gasteiger partial charge in [-0.15, -0.1) is 0 Å². The van der Waals surface area contributed by atoms with Crippen LogP contribution < -0.4 is 10.2 Å². The number of hydrogen-bond donors (Lipinski definition) is 1. The van der Waals surface area contributed by atoms with Crippen LogP contribution in [0.15, 0.2) is 48.5 Å². The molecule has 3 rings (SSSR count). The Morgan fingerprint density at radius 1 is 1.07 bits per heavy atom. The highest BCUT2D eigenvalue weighted by Crippen LogP contribution is 2.25. The van der Waals surface area contributed by atoms with Gasteiger partial charge in [-0.25, -0.2) is 0 Å². The molecule has 0 saturated carbocycles. The van der Waals surface area contributed by atoms with Crippen LogP contribution in [0.1, 0.15) is 31.2 Å². The molecule has 0 bridgehead atoms. The van der Waals surface area contributed by atoms with E-state index in [1.54, 1.807) is 6.07 Å². The molecule has 0 spiro atoms. The lowest BCUT2D eigenvalue weighted by Gasteiger charge is -2.31. The number of rotatable bonds is 7. The second kappa shape index (κ2) is 9.77. The lowest BCUT2D eigenvalue weighted by atomic mass is 10.1. The zero-order valence-electron chi connectivity index (χ0n) is 16.0. The summed E-state index contributed by atoms with van der Waals surface area (Å²) in [4.78, 5) is 16.9. The highest BCUT2D eigenvalue weighted by atomic mass is 35.5. The summed E-state index contributed by atoms with van der Waals surface area (Å²) >= 11 is 6.10. The Morgan fingerprint density at radius 2 is 1.78 bits per heavy atom. The van der Waals surface area contributed by atoms with Gasteiger partial charge >= 0.3 is 0 Å². The number of halogens is 1. The average molecular weight is 386 g/mol. The molecule has 1 N–H and O–H groups in total. The first-order valence-corrected chi connectivity index (χ1v) is 10.1. The van der Waals surface area contributed by atoms with Gasteiger partial charge in [0.1, 0.15) is 0 Å². The van der Waals surface area contributed by atoms with E-state index in [0.29, 0.717) is 23.7 Å². The third kappa shape index (κ3) is 5.72. The molecule has 0 aliphatic carbocycles. The molecule has 1 saturated heterocycles. The Morgan fingerprint density at radius 3 is 2.56 bits per heavy atom. The fourth-order valence-corrected chi connectivity index (χ4v) is 3.71. The van der Waals surface area contributed by atoms with Crippen molar-refractivity contribution in [3.63, 3.8) is 0 Å². The van der Waals surface area contributed by atoms with Gasteiger partial charge in [-0.2, -0.15) is 0 Å². The minimum atomic E-state index is -0.0146. The van der Waals surface area contributed by atoms with E-state index in [9.17, 15) is 4.79 Å². The quantitative estimate of drug-likeness (QED) is 0.744. The fraction of sp³-hybridized carbons (Fsp3) is 0.409. The van der Waals surface area contributed by atoms with E-state index in [1.165, 1.54) is 30.5 Å². The van der Waals surface area contributed by atoms with Crippen LogP contribution in [0.3, 0.4) is 0 Å². The van der Waals surface area contributed by atoms with Gasteiger partial charge in [-0.3, -0.25) is 4.79 Å². The Kier molecular flexibility index (Phi) is 7.13. The summed E-state index contributed by atoms with van der Waals surface area (Å²) in [5, 5.41) is 3.45. The molecule has 2 aromatic carbocycles. The smallest absolute Gasteiger partial charge is 0.225 e. The van der Waals surface area contributed by atoms with Crippen molar-refractivity contribution in [3.05, 3.63) is 59.1 Å². The summed E-state index contributed by atoms with van der Waals surface area (Å²) in [6.07, 6.45) is 4.31. The van der Waals surface area contributed by atoms with Crippen LogP contribution in [-0.4, -0.2) is 37.5 Å². The third-order valence-electron chi connectivity index (χ3n) is 5.00. The monoisotopic (exact) mass is 385 g/mol. The summed E-state index contributed by atoms with van der Waals surface area (Å²) < 4.78 is 0. The van der Waals surface area contributed by atoms with Gasteiger partial charge in [0, 0.05) is 38.3 Å². The van der Waals surface area contributed by atoms with Gasteiger partial charge in [0.2, 0.25) is 5.91 Å². The van der Waals surface area contributed by atoms with Crippen LogP contribution in [0.5, 0.6) is 0 Å². The Bertz CT molecular complexity index is 759. The number of para-hydroxylation sites is 2. The van der Waals surface area contributed by atoms with Crippen molar-refractivity contribution in [2.24, 2.45) is 0 Å². The molecule has 1 fully saturated rings. The third-order valence-corrected chi connectivity index (χ3v) is 5.33. The molecule has 0 aromatic heterocycles. The summed E-state index contributed by atoms with van der Waals surface area (Å²) in [7, 11) is 2.07.